The van der Waals surface area contributed by atoms with Crippen LogP contribution in [0.3, 0.4) is 0 Å². The van der Waals surface area contributed by atoms with Crippen LogP contribution in [0.1, 0.15) is 127 Å². The highest BCUT2D eigenvalue weighted by molar-refractivity contribution is 6.00. The first-order valence-electron chi connectivity index (χ1n) is 38.5. The highest BCUT2D eigenvalue weighted by atomic mass is 16.5. The van der Waals surface area contributed by atoms with Gasteiger partial charge in [0.05, 0.1) is 17.1 Å². The molecule has 0 unspecified atom stereocenters. The van der Waals surface area contributed by atoms with Crippen molar-refractivity contribution in [1.29, 1.82) is 0 Å². The molecule has 108 heavy (non-hydrogen) atoms. The molecule has 6 amide bonds. The van der Waals surface area contributed by atoms with E-state index in [9.17, 15) is 28.8 Å². The lowest BCUT2D eigenvalue weighted by Gasteiger charge is -2.35. The molecule has 3 N–H and O–H groups in total. The van der Waals surface area contributed by atoms with Crippen molar-refractivity contribution in [1.82, 2.24) is 30.7 Å². The minimum atomic E-state index is -0.0172. The largest absolute Gasteiger partial charge is 0.482 e. The second-order valence-corrected chi connectivity index (χ2v) is 28.5. The minimum absolute atomic E-state index is 0.00783. The van der Waals surface area contributed by atoms with Crippen molar-refractivity contribution in [2.75, 3.05) is 126 Å². The monoisotopic (exact) mass is 1450 g/mol. The quantitative estimate of drug-likeness (QED) is 0.0487. The summed E-state index contributed by atoms with van der Waals surface area (Å²) < 4.78 is 16.7. The average Bonchev–Trinajstić information content (AvgIpc) is 0.824. The number of likely N-dealkylation sites (tertiary alicyclic amines) is 3. The third kappa shape index (κ3) is 20.0. The third-order valence-electron chi connectivity index (χ3n) is 21.7. The number of carbonyl (C=O) groups is 6. The second-order valence-electron chi connectivity index (χ2n) is 28.5. The number of para-hydroxylation sites is 6. The van der Waals surface area contributed by atoms with Gasteiger partial charge in [-0.25, -0.2) is 0 Å². The van der Waals surface area contributed by atoms with Crippen LogP contribution in [0.15, 0.2) is 237 Å². The zero-order valence-corrected chi connectivity index (χ0v) is 61.7. The summed E-state index contributed by atoms with van der Waals surface area (Å²) in [6, 6.07) is 77.8. The molecular formula is C90H99N9O9. The van der Waals surface area contributed by atoms with Crippen LogP contribution in [0.4, 0.5) is 17.1 Å². The van der Waals surface area contributed by atoms with E-state index in [-0.39, 0.29) is 55.3 Å². The summed E-state index contributed by atoms with van der Waals surface area (Å²) in [5.74, 6) is 3.45. The Morgan fingerprint density at radius 1 is 0.315 bits per heavy atom. The maximum absolute atomic E-state index is 13.0. The second kappa shape index (κ2) is 38.1. The van der Waals surface area contributed by atoms with Crippen molar-refractivity contribution >= 4 is 52.5 Å². The molecule has 3 fully saturated rings. The van der Waals surface area contributed by atoms with Crippen LogP contribution in [0.5, 0.6) is 17.2 Å². The Bertz CT molecular complexity index is 4460. The molecule has 18 heteroatoms. The summed E-state index contributed by atoms with van der Waals surface area (Å²) in [4.78, 5) is 89.2. The van der Waals surface area contributed by atoms with Gasteiger partial charge in [0.15, 0.2) is 19.8 Å². The lowest BCUT2D eigenvalue weighted by Crippen LogP contribution is -2.45. The number of hydrogen-bond donors (Lipinski definition) is 3. The lowest BCUT2D eigenvalue weighted by molar-refractivity contribution is -0.122. The fourth-order valence-corrected chi connectivity index (χ4v) is 15.7. The predicted molar refractivity (Wildman–Crippen MR) is 425 cm³/mol. The first-order valence-corrected chi connectivity index (χ1v) is 38.5. The number of nitrogens with zero attached hydrogens (tertiary/aromatic N) is 6. The van der Waals surface area contributed by atoms with Gasteiger partial charge in [-0.3, -0.25) is 28.8 Å². The number of ether oxygens (including phenoxy) is 3. The Labute approximate surface area is 635 Å². The van der Waals surface area contributed by atoms with E-state index in [0.29, 0.717) is 57.0 Å². The van der Waals surface area contributed by atoms with E-state index in [4.69, 9.17) is 14.2 Å². The number of piperidine rings is 3. The zero-order chi connectivity index (χ0) is 74.2. The molecule has 0 bridgehead atoms. The Balaban J connectivity index is 0.000000143. The number of amides is 6. The van der Waals surface area contributed by atoms with Gasteiger partial charge in [0.2, 0.25) is 0 Å². The SMILES string of the molecule is O=C(NCCCc1ccccc1)c1ccccc1C1CCN(CCN2C(=O)COc3ccccc32)CC1.O=C(NCCc1ccccc1)c1ccccc1C1CCN(CCN2C(=O)COc3ccccc32)CC1.O=C(NCc1ccccc1)c1ccccc1C1CCN(CCN2C(=O)COc3ccccc32)CC1. The van der Waals surface area contributed by atoms with Gasteiger partial charge in [0.1, 0.15) is 17.2 Å². The van der Waals surface area contributed by atoms with Gasteiger partial charge < -0.3 is 59.6 Å². The molecule has 0 radical (unpaired) electrons. The Kier molecular flexibility index (Phi) is 26.5. The molecule has 0 spiro atoms. The summed E-state index contributed by atoms with van der Waals surface area (Å²) >= 11 is 0. The van der Waals surface area contributed by atoms with Crippen molar-refractivity contribution in [2.45, 2.75) is 82.1 Å². The molecular weight excluding hydrogens is 1350 g/mol. The fourth-order valence-electron chi connectivity index (χ4n) is 15.7. The van der Waals surface area contributed by atoms with E-state index in [2.05, 4.69) is 85.2 Å². The first-order chi connectivity index (χ1) is 53.1. The molecule has 9 aromatic rings. The Hall–Kier alpha value is -10.9. The molecule has 0 aromatic heterocycles. The predicted octanol–water partition coefficient (Wildman–Crippen LogP) is 13.1. The standard InChI is InChI=1S/C31H35N3O3.C30H33N3O3.C29H31N3O3/c35-30-23-37-29-15-7-6-14-28(29)34(30)22-21-33-19-16-25(17-20-33)26-12-4-5-13-27(26)31(36)32-18-8-11-24-9-2-1-3-10-24;34-29-22-36-28-13-7-6-12-27(28)33(29)21-20-32-18-15-24(16-19-32)25-10-4-5-11-26(25)30(35)31-17-14-23-8-2-1-3-9-23;33-28-21-35-27-13-7-6-12-26(27)32(28)19-18-31-16-14-23(15-17-31)24-10-4-5-11-25(24)29(34)30-20-22-8-2-1-3-9-22/h1-7,9-10,12-15,25H,8,11,16-23H2,(H,32,36);1-13,24H,14-22H2,(H,31,35);1-13,23H,14-21H2,(H,30,34). The molecule has 6 aliphatic rings. The van der Waals surface area contributed by atoms with Crippen LogP contribution in [0, 0.1) is 0 Å². The first kappa shape index (κ1) is 75.3. The molecule has 9 aromatic carbocycles. The summed E-state index contributed by atoms with van der Waals surface area (Å²) in [5, 5.41) is 9.31. The van der Waals surface area contributed by atoms with Crippen molar-refractivity contribution < 1.29 is 43.0 Å². The van der Waals surface area contributed by atoms with Crippen LogP contribution in [0.25, 0.3) is 0 Å². The van der Waals surface area contributed by atoms with E-state index < -0.39 is 0 Å². The van der Waals surface area contributed by atoms with E-state index >= 15 is 0 Å². The van der Waals surface area contributed by atoms with Gasteiger partial charge in [-0.2, -0.15) is 0 Å². The molecule has 6 heterocycles. The number of anilines is 3. The molecule has 3 saturated heterocycles. The molecule has 558 valence electrons. The van der Waals surface area contributed by atoms with Crippen LogP contribution in [-0.2, 0) is 33.8 Å². The molecule has 0 aliphatic carbocycles. The van der Waals surface area contributed by atoms with Gasteiger partial charge in [-0.1, -0.05) is 182 Å². The summed E-state index contributed by atoms with van der Waals surface area (Å²) in [6.07, 6.45) is 8.72. The molecule has 0 saturated carbocycles. The molecule has 0 atom stereocenters. The van der Waals surface area contributed by atoms with Crippen molar-refractivity contribution in [3.05, 3.63) is 287 Å². The van der Waals surface area contributed by atoms with Crippen LogP contribution >= 0.6 is 0 Å². The number of hydrogen-bond acceptors (Lipinski definition) is 12. The average molecular weight is 1450 g/mol. The number of rotatable bonds is 24. The molecule has 6 aliphatic heterocycles. The van der Waals surface area contributed by atoms with Crippen molar-refractivity contribution in [2.24, 2.45) is 0 Å². The zero-order valence-electron chi connectivity index (χ0n) is 61.7. The van der Waals surface area contributed by atoms with Gasteiger partial charge in [0.25, 0.3) is 35.4 Å². The van der Waals surface area contributed by atoms with E-state index in [0.717, 1.165) is 190 Å². The lowest BCUT2D eigenvalue weighted by atomic mass is 9.86. The maximum atomic E-state index is 13.0. The van der Waals surface area contributed by atoms with Crippen LogP contribution in [0.2, 0.25) is 0 Å². The molecule has 18 nitrogen and oxygen atoms in total. The van der Waals surface area contributed by atoms with E-state index in [1.54, 1.807) is 0 Å². The highest BCUT2D eigenvalue weighted by Crippen LogP contribution is 2.37. The maximum Gasteiger partial charge on any atom is 0.265 e. The van der Waals surface area contributed by atoms with Gasteiger partial charge in [0, 0.05) is 75.6 Å². The fraction of sp³-hybridized carbons (Fsp3) is 0.333. The number of benzene rings is 9. The van der Waals surface area contributed by atoms with Crippen LogP contribution < -0.4 is 44.9 Å². The summed E-state index contributed by atoms with van der Waals surface area (Å²) in [6.45, 7) is 12.3. The Morgan fingerprint density at radius 3 is 0.981 bits per heavy atom. The number of carbonyl (C=O) groups excluding carboxylic acids is 6. The Morgan fingerprint density at radius 2 is 0.611 bits per heavy atom. The highest BCUT2D eigenvalue weighted by Gasteiger charge is 2.33. The van der Waals surface area contributed by atoms with Gasteiger partial charge >= 0.3 is 0 Å². The number of fused-ring (bicyclic) bond motifs is 3. The van der Waals surface area contributed by atoms with E-state index in [1.165, 1.54) is 11.1 Å². The van der Waals surface area contributed by atoms with Crippen molar-refractivity contribution in [3.8, 4) is 17.2 Å². The van der Waals surface area contributed by atoms with Crippen LogP contribution in [-0.4, -0.2) is 162 Å². The third-order valence-corrected chi connectivity index (χ3v) is 21.7. The minimum Gasteiger partial charge on any atom is -0.482 e. The summed E-state index contributed by atoms with van der Waals surface area (Å²) in [7, 11) is 0. The molecule has 15 rings (SSSR count). The van der Waals surface area contributed by atoms with E-state index in [1.807, 2.05) is 197 Å². The number of aryl methyl sites for hydroxylation is 1. The normalized spacial score (nSPS) is 16.3. The van der Waals surface area contributed by atoms with Crippen molar-refractivity contribution in [3.63, 3.8) is 0 Å². The van der Waals surface area contributed by atoms with Gasteiger partial charge in [-0.15, -0.1) is 0 Å². The summed E-state index contributed by atoms with van der Waals surface area (Å²) in [5.41, 5.74) is 12.0. The van der Waals surface area contributed by atoms with Gasteiger partial charge in [-0.05, 0) is 203 Å². The smallest absolute Gasteiger partial charge is 0.265 e. The topological polar surface area (TPSA) is 186 Å². The number of nitrogens with one attached hydrogen (secondary N) is 3.